The molecule has 0 aliphatic heterocycles. The van der Waals surface area contributed by atoms with Crippen LogP contribution in [0.3, 0.4) is 0 Å². The average Bonchev–Trinajstić information content (AvgIpc) is 3.05. The van der Waals surface area contributed by atoms with Gasteiger partial charge >= 0.3 is 0 Å². The SMILES string of the molecule is CCC(NC(C)c1cnn(CC)c1)c1nccs1. The number of hydrogen-bond acceptors (Lipinski definition) is 4. The molecule has 0 radical (unpaired) electrons. The molecule has 0 amide bonds. The fraction of sp³-hybridized carbons (Fsp3) is 0.538. The minimum atomic E-state index is 0.291. The lowest BCUT2D eigenvalue weighted by Crippen LogP contribution is -2.23. The van der Waals surface area contributed by atoms with Crippen LogP contribution >= 0.6 is 11.3 Å². The molecule has 0 aliphatic rings. The third-order valence-electron chi connectivity index (χ3n) is 3.09. The van der Waals surface area contributed by atoms with Gasteiger partial charge in [0.2, 0.25) is 0 Å². The number of hydrogen-bond donors (Lipinski definition) is 1. The van der Waals surface area contributed by atoms with E-state index in [4.69, 9.17) is 0 Å². The first-order valence-electron chi connectivity index (χ1n) is 6.42. The Morgan fingerprint density at radius 3 is 2.83 bits per heavy atom. The van der Waals surface area contributed by atoms with Crippen molar-refractivity contribution in [2.75, 3.05) is 0 Å². The average molecular weight is 264 g/mol. The molecule has 0 fully saturated rings. The summed E-state index contributed by atoms with van der Waals surface area (Å²) in [7, 11) is 0. The number of nitrogens with zero attached hydrogens (tertiary/aromatic N) is 3. The lowest BCUT2D eigenvalue weighted by Gasteiger charge is -2.19. The van der Waals surface area contributed by atoms with Gasteiger partial charge in [0.1, 0.15) is 5.01 Å². The van der Waals surface area contributed by atoms with Crippen LogP contribution in [0.15, 0.2) is 24.0 Å². The van der Waals surface area contributed by atoms with Gasteiger partial charge in [-0.25, -0.2) is 4.98 Å². The van der Waals surface area contributed by atoms with E-state index in [-0.39, 0.29) is 0 Å². The first kappa shape index (κ1) is 13.2. The minimum Gasteiger partial charge on any atom is -0.301 e. The molecule has 0 spiro atoms. The zero-order chi connectivity index (χ0) is 13.0. The van der Waals surface area contributed by atoms with Crippen molar-refractivity contribution < 1.29 is 0 Å². The Labute approximate surface area is 112 Å². The van der Waals surface area contributed by atoms with E-state index in [2.05, 4.69) is 42.4 Å². The van der Waals surface area contributed by atoms with Crippen molar-refractivity contribution in [2.24, 2.45) is 0 Å². The maximum atomic E-state index is 4.39. The van der Waals surface area contributed by atoms with Crippen LogP contribution in [-0.2, 0) is 6.54 Å². The van der Waals surface area contributed by atoms with E-state index in [9.17, 15) is 0 Å². The van der Waals surface area contributed by atoms with Gasteiger partial charge in [-0.05, 0) is 20.3 Å². The molecule has 2 atom stereocenters. The van der Waals surface area contributed by atoms with E-state index in [0.29, 0.717) is 12.1 Å². The molecular weight excluding hydrogens is 244 g/mol. The zero-order valence-corrected chi connectivity index (χ0v) is 11.9. The first-order valence-corrected chi connectivity index (χ1v) is 7.30. The van der Waals surface area contributed by atoms with Gasteiger partial charge in [-0.3, -0.25) is 4.68 Å². The molecule has 2 aromatic rings. The molecule has 0 aromatic carbocycles. The third kappa shape index (κ3) is 2.97. The highest BCUT2D eigenvalue weighted by Gasteiger charge is 2.16. The first-order chi connectivity index (χ1) is 8.74. The lowest BCUT2D eigenvalue weighted by molar-refractivity contribution is 0.454. The summed E-state index contributed by atoms with van der Waals surface area (Å²) >= 11 is 1.71. The minimum absolute atomic E-state index is 0.291. The number of rotatable bonds is 6. The van der Waals surface area contributed by atoms with E-state index >= 15 is 0 Å². The number of thiazole rings is 1. The van der Waals surface area contributed by atoms with Crippen molar-refractivity contribution in [3.05, 3.63) is 34.5 Å². The Bertz CT molecular complexity index is 463. The topological polar surface area (TPSA) is 42.7 Å². The van der Waals surface area contributed by atoms with Gasteiger partial charge in [-0.1, -0.05) is 6.92 Å². The summed E-state index contributed by atoms with van der Waals surface area (Å²) < 4.78 is 1.96. The Morgan fingerprint density at radius 2 is 2.28 bits per heavy atom. The van der Waals surface area contributed by atoms with Gasteiger partial charge in [0.25, 0.3) is 0 Å². The van der Waals surface area contributed by atoms with E-state index in [1.54, 1.807) is 11.3 Å². The molecular formula is C13H20N4S. The molecule has 2 unspecified atom stereocenters. The maximum absolute atomic E-state index is 4.39. The zero-order valence-electron chi connectivity index (χ0n) is 11.1. The van der Waals surface area contributed by atoms with Crippen LogP contribution in [0.5, 0.6) is 0 Å². The highest BCUT2D eigenvalue weighted by molar-refractivity contribution is 7.09. The summed E-state index contributed by atoms with van der Waals surface area (Å²) in [6, 6.07) is 0.615. The van der Waals surface area contributed by atoms with Crippen molar-refractivity contribution in [2.45, 2.75) is 45.8 Å². The molecule has 2 aromatic heterocycles. The predicted octanol–water partition coefficient (Wildman–Crippen LogP) is 3.16. The Kier molecular flexibility index (Phi) is 4.49. The molecule has 0 aliphatic carbocycles. The van der Waals surface area contributed by atoms with Crippen molar-refractivity contribution in [3.63, 3.8) is 0 Å². The van der Waals surface area contributed by atoms with Crippen molar-refractivity contribution in [1.82, 2.24) is 20.1 Å². The van der Waals surface area contributed by atoms with Gasteiger partial charge in [-0.15, -0.1) is 11.3 Å². The molecule has 1 N–H and O–H groups in total. The van der Waals surface area contributed by atoms with Crippen LogP contribution in [0.4, 0.5) is 0 Å². The van der Waals surface area contributed by atoms with E-state index < -0.39 is 0 Å². The van der Waals surface area contributed by atoms with Crippen molar-refractivity contribution >= 4 is 11.3 Å². The Morgan fingerprint density at radius 1 is 1.44 bits per heavy atom. The number of aromatic nitrogens is 3. The summed E-state index contributed by atoms with van der Waals surface area (Å²) in [6.07, 6.45) is 6.95. The van der Waals surface area contributed by atoms with Crippen LogP contribution in [0.25, 0.3) is 0 Å². The molecule has 98 valence electrons. The molecule has 2 heterocycles. The molecule has 2 rings (SSSR count). The fourth-order valence-electron chi connectivity index (χ4n) is 1.94. The molecule has 5 heteroatoms. The number of aryl methyl sites for hydroxylation is 1. The smallest absolute Gasteiger partial charge is 0.109 e. The third-order valence-corrected chi connectivity index (χ3v) is 3.98. The van der Waals surface area contributed by atoms with Crippen LogP contribution in [0, 0.1) is 0 Å². The number of nitrogens with one attached hydrogen (secondary N) is 1. The molecule has 4 nitrogen and oxygen atoms in total. The summed E-state index contributed by atoms with van der Waals surface area (Å²) in [4.78, 5) is 4.39. The predicted molar refractivity (Wildman–Crippen MR) is 74.6 cm³/mol. The second-order valence-corrected chi connectivity index (χ2v) is 5.28. The highest BCUT2D eigenvalue weighted by Crippen LogP contribution is 2.23. The largest absolute Gasteiger partial charge is 0.301 e. The standard InChI is InChI=1S/C13H20N4S/c1-4-12(13-14-6-7-18-13)16-10(3)11-8-15-17(5-2)9-11/h6-10,12,16H,4-5H2,1-3H3. The summed E-state index contributed by atoms with van der Waals surface area (Å²) in [5, 5.41) is 11.1. The second-order valence-electron chi connectivity index (χ2n) is 4.35. The van der Waals surface area contributed by atoms with Gasteiger partial charge in [0.05, 0.1) is 12.2 Å². The van der Waals surface area contributed by atoms with Crippen LogP contribution in [-0.4, -0.2) is 14.8 Å². The van der Waals surface area contributed by atoms with Crippen molar-refractivity contribution in [3.8, 4) is 0 Å². The van der Waals surface area contributed by atoms with E-state index in [1.165, 1.54) is 5.56 Å². The van der Waals surface area contributed by atoms with Gasteiger partial charge < -0.3 is 5.32 Å². The fourth-order valence-corrected chi connectivity index (χ4v) is 2.73. The van der Waals surface area contributed by atoms with Gasteiger partial charge in [-0.2, -0.15) is 5.10 Å². The molecule has 0 saturated heterocycles. The van der Waals surface area contributed by atoms with Crippen LogP contribution in [0.2, 0.25) is 0 Å². The Balaban J connectivity index is 2.03. The normalized spacial score (nSPS) is 14.6. The van der Waals surface area contributed by atoms with Gasteiger partial charge in [0, 0.05) is 35.9 Å². The second kappa shape index (κ2) is 6.11. The molecule has 0 bridgehead atoms. The summed E-state index contributed by atoms with van der Waals surface area (Å²) in [5.41, 5.74) is 1.23. The lowest BCUT2D eigenvalue weighted by atomic mass is 10.1. The van der Waals surface area contributed by atoms with Crippen LogP contribution < -0.4 is 5.32 Å². The van der Waals surface area contributed by atoms with Crippen molar-refractivity contribution in [1.29, 1.82) is 0 Å². The summed E-state index contributed by atoms with van der Waals surface area (Å²) in [6.45, 7) is 7.37. The molecule has 0 saturated carbocycles. The van der Waals surface area contributed by atoms with E-state index in [0.717, 1.165) is 18.0 Å². The van der Waals surface area contributed by atoms with Gasteiger partial charge in [0.15, 0.2) is 0 Å². The molecule has 18 heavy (non-hydrogen) atoms. The summed E-state index contributed by atoms with van der Waals surface area (Å²) in [5.74, 6) is 0. The monoisotopic (exact) mass is 264 g/mol. The quantitative estimate of drug-likeness (QED) is 0.871. The highest BCUT2D eigenvalue weighted by atomic mass is 32.1. The van der Waals surface area contributed by atoms with Crippen LogP contribution in [0.1, 0.15) is 49.8 Å². The maximum Gasteiger partial charge on any atom is 0.109 e. The Hall–Kier alpha value is -1.20. The van der Waals surface area contributed by atoms with E-state index in [1.807, 2.05) is 22.5 Å².